The number of carbonyl (C=O) groups excluding carboxylic acids is 1. The molecule has 132 valence electrons. The molecular formula is C19H22ClN3O2. The zero-order chi connectivity index (χ0) is 17.8. The molecule has 1 aromatic heterocycles. The molecule has 1 aliphatic rings. The molecule has 0 radical (unpaired) electrons. The van der Waals surface area contributed by atoms with Crippen molar-refractivity contribution in [3.05, 3.63) is 68.6 Å². The summed E-state index contributed by atoms with van der Waals surface area (Å²) in [4.78, 5) is 28.2. The number of hydrogen-bond donors (Lipinski definition) is 2. The molecule has 1 aliphatic heterocycles. The van der Waals surface area contributed by atoms with E-state index >= 15 is 0 Å². The van der Waals surface area contributed by atoms with Crippen molar-refractivity contribution in [2.45, 2.75) is 19.3 Å². The zero-order valence-corrected chi connectivity index (χ0v) is 15.0. The fourth-order valence-electron chi connectivity index (χ4n) is 3.35. The Hall–Kier alpha value is -2.11. The van der Waals surface area contributed by atoms with Crippen molar-refractivity contribution in [1.29, 1.82) is 0 Å². The van der Waals surface area contributed by atoms with Gasteiger partial charge in [-0.2, -0.15) is 0 Å². The van der Waals surface area contributed by atoms with Crippen LogP contribution in [0.15, 0.2) is 41.3 Å². The lowest BCUT2D eigenvalue weighted by atomic mass is 9.94. The van der Waals surface area contributed by atoms with Gasteiger partial charge in [-0.1, -0.05) is 35.9 Å². The Labute approximate surface area is 152 Å². The average molecular weight is 360 g/mol. The number of aromatic amines is 1. The van der Waals surface area contributed by atoms with Gasteiger partial charge < -0.3 is 15.2 Å². The van der Waals surface area contributed by atoms with Crippen LogP contribution in [0.1, 0.15) is 33.8 Å². The molecule has 0 bridgehead atoms. The number of nitrogens with zero attached hydrogens (tertiary/aromatic N) is 1. The molecule has 5 nitrogen and oxygen atoms in total. The molecule has 1 aromatic carbocycles. The van der Waals surface area contributed by atoms with Crippen LogP contribution in [-0.4, -0.2) is 42.0 Å². The van der Waals surface area contributed by atoms with Crippen LogP contribution in [0.25, 0.3) is 0 Å². The van der Waals surface area contributed by atoms with E-state index in [2.05, 4.69) is 46.4 Å². The largest absolute Gasteiger partial charge is 0.351 e. The summed E-state index contributed by atoms with van der Waals surface area (Å²) in [5, 5.41) is 2.90. The molecule has 2 N–H and O–H groups in total. The van der Waals surface area contributed by atoms with E-state index in [0.29, 0.717) is 18.0 Å². The predicted molar refractivity (Wildman–Crippen MR) is 99.4 cm³/mol. The summed E-state index contributed by atoms with van der Waals surface area (Å²) >= 11 is 5.75. The van der Waals surface area contributed by atoms with Gasteiger partial charge in [-0.3, -0.25) is 9.59 Å². The summed E-state index contributed by atoms with van der Waals surface area (Å²) in [6, 6.07) is 9.93. The van der Waals surface area contributed by atoms with Gasteiger partial charge in [-0.15, -0.1) is 0 Å². The van der Waals surface area contributed by atoms with Crippen LogP contribution >= 0.6 is 11.6 Å². The molecule has 1 saturated heterocycles. The van der Waals surface area contributed by atoms with Crippen LogP contribution in [-0.2, 0) is 0 Å². The Morgan fingerprint density at radius 3 is 2.96 bits per heavy atom. The summed E-state index contributed by atoms with van der Waals surface area (Å²) in [7, 11) is 0. The number of aromatic nitrogens is 1. The number of likely N-dealkylation sites (tertiary alicyclic amines) is 1. The Kier molecular flexibility index (Phi) is 5.56. The number of rotatable bonds is 5. The minimum Gasteiger partial charge on any atom is -0.351 e. The third-order valence-electron chi connectivity index (χ3n) is 4.73. The maximum Gasteiger partial charge on any atom is 0.266 e. The van der Waals surface area contributed by atoms with Gasteiger partial charge in [0.25, 0.3) is 11.5 Å². The monoisotopic (exact) mass is 359 g/mol. The lowest BCUT2D eigenvalue weighted by Crippen LogP contribution is -2.34. The maximum absolute atomic E-state index is 12.1. The normalized spacial score (nSPS) is 17.6. The first-order chi connectivity index (χ1) is 12.0. The van der Waals surface area contributed by atoms with Crippen LogP contribution in [0.4, 0.5) is 0 Å². The Morgan fingerprint density at radius 1 is 1.40 bits per heavy atom. The van der Waals surface area contributed by atoms with E-state index in [-0.39, 0.29) is 10.9 Å². The van der Waals surface area contributed by atoms with Gasteiger partial charge in [0.2, 0.25) is 0 Å². The molecule has 1 unspecified atom stereocenters. The second-order valence-electron chi connectivity index (χ2n) is 6.46. The minimum atomic E-state index is -0.391. The molecular weight excluding hydrogens is 338 g/mol. The number of H-pyrrole nitrogens is 1. The van der Waals surface area contributed by atoms with Gasteiger partial charge in [-0.05, 0) is 43.0 Å². The highest BCUT2D eigenvalue weighted by atomic mass is 35.5. The van der Waals surface area contributed by atoms with E-state index in [1.54, 1.807) is 0 Å². The average Bonchev–Trinajstić information content (AvgIpc) is 3.06. The summed E-state index contributed by atoms with van der Waals surface area (Å²) in [6.45, 7) is 5.60. The fraction of sp³-hybridized carbons (Fsp3) is 0.368. The maximum atomic E-state index is 12.1. The van der Waals surface area contributed by atoms with Gasteiger partial charge in [0.15, 0.2) is 0 Å². The van der Waals surface area contributed by atoms with Crippen LogP contribution in [0, 0.1) is 6.92 Å². The second kappa shape index (κ2) is 7.85. The number of pyridine rings is 1. The molecule has 0 aliphatic carbocycles. The van der Waals surface area contributed by atoms with Crippen molar-refractivity contribution < 1.29 is 4.79 Å². The molecule has 1 atom stereocenters. The number of carbonyl (C=O) groups is 1. The Balaban J connectivity index is 1.48. The van der Waals surface area contributed by atoms with Gasteiger partial charge in [0.1, 0.15) is 5.02 Å². The quantitative estimate of drug-likeness (QED) is 0.862. The number of benzene rings is 1. The van der Waals surface area contributed by atoms with Crippen molar-refractivity contribution in [2.24, 2.45) is 0 Å². The predicted octanol–water partition coefficient (Wildman–Crippen LogP) is 2.56. The van der Waals surface area contributed by atoms with Crippen LogP contribution < -0.4 is 10.9 Å². The topological polar surface area (TPSA) is 65.2 Å². The van der Waals surface area contributed by atoms with Crippen molar-refractivity contribution in [3.8, 4) is 0 Å². The summed E-state index contributed by atoms with van der Waals surface area (Å²) in [6.07, 6.45) is 2.53. The number of nitrogens with one attached hydrogen (secondary N) is 2. The number of aryl methyl sites for hydroxylation is 1. The van der Waals surface area contributed by atoms with Gasteiger partial charge in [0.05, 0.1) is 5.56 Å². The number of amides is 1. The molecule has 2 heterocycles. The fourth-order valence-corrected chi connectivity index (χ4v) is 3.52. The molecule has 1 fully saturated rings. The van der Waals surface area contributed by atoms with Crippen molar-refractivity contribution in [3.63, 3.8) is 0 Å². The van der Waals surface area contributed by atoms with Crippen LogP contribution in [0.2, 0.25) is 5.02 Å². The summed E-state index contributed by atoms with van der Waals surface area (Å²) in [5.74, 6) is 0.336. The standard InChI is InChI=1S/C19H22ClN3O2/c1-13-4-2-3-5-16(13)14-6-8-23(12-14)9-7-21-18(24)15-10-17(20)19(25)22-11-15/h2-5,10-11,14H,6-9,12H2,1H3,(H,21,24)(H,22,25). The lowest BCUT2D eigenvalue weighted by molar-refractivity contribution is 0.0949. The SMILES string of the molecule is Cc1ccccc1C1CCN(CCNC(=O)c2c[nH]c(=O)c(Cl)c2)C1. The summed E-state index contributed by atoms with van der Waals surface area (Å²) < 4.78 is 0. The van der Waals surface area contributed by atoms with Crippen molar-refractivity contribution in [1.82, 2.24) is 15.2 Å². The molecule has 1 amide bonds. The van der Waals surface area contributed by atoms with Crippen LogP contribution in [0.5, 0.6) is 0 Å². The molecule has 0 saturated carbocycles. The minimum absolute atomic E-state index is 0.0215. The second-order valence-corrected chi connectivity index (χ2v) is 6.87. The van der Waals surface area contributed by atoms with Crippen molar-refractivity contribution in [2.75, 3.05) is 26.2 Å². The van der Waals surface area contributed by atoms with E-state index in [9.17, 15) is 9.59 Å². The Bertz CT molecular complexity index is 818. The van der Waals surface area contributed by atoms with Crippen molar-refractivity contribution >= 4 is 17.5 Å². The highest BCUT2D eigenvalue weighted by Crippen LogP contribution is 2.28. The third kappa shape index (κ3) is 4.30. The highest BCUT2D eigenvalue weighted by molar-refractivity contribution is 6.30. The first kappa shape index (κ1) is 17.7. The van der Waals surface area contributed by atoms with E-state index < -0.39 is 5.56 Å². The highest BCUT2D eigenvalue weighted by Gasteiger charge is 2.24. The number of halogens is 1. The van der Waals surface area contributed by atoms with E-state index in [1.807, 2.05) is 0 Å². The first-order valence-corrected chi connectivity index (χ1v) is 8.86. The smallest absolute Gasteiger partial charge is 0.266 e. The molecule has 0 spiro atoms. The van der Waals surface area contributed by atoms with Gasteiger partial charge in [0, 0.05) is 25.8 Å². The molecule has 25 heavy (non-hydrogen) atoms. The lowest BCUT2D eigenvalue weighted by Gasteiger charge is -2.17. The van der Waals surface area contributed by atoms with Gasteiger partial charge in [-0.25, -0.2) is 0 Å². The van der Waals surface area contributed by atoms with E-state index in [1.165, 1.54) is 23.4 Å². The molecule has 6 heteroatoms. The molecule has 3 rings (SSSR count). The molecule has 2 aromatic rings. The van der Waals surface area contributed by atoms with Gasteiger partial charge >= 0.3 is 0 Å². The first-order valence-electron chi connectivity index (χ1n) is 8.49. The number of hydrogen-bond acceptors (Lipinski definition) is 3. The Morgan fingerprint density at radius 2 is 2.20 bits per heavy atom. The van der Waals surface area contributed by atoms with Crippen LogP contribution in [0.3, 0.4) is 0 Å². The third-order valence-corrected chi connectivity index (χ3v) is 5.02. The van der Waals surface area contributed by atoms with E-state index in [4.69, 9.17) is 11.6 Å². The summed E-state index contributed by atoms with van der Waals surface area (Å²) in [5.41, 5.74) is 2.75. The van der Waals surface area contributed by atoms with E-state index in [0.717, 1.165) is 26.1 Å². The zero-order valence-electron chi connectivity index (χ0n) is 14.2.